The van der Waals surface area contributed by atoms with Gasteiger partial charge in [-0.25, -0.2) is 8.96 Å². The van der Waals surface area contributed by atoms with E-state index < -0.39 is 38.3 Å². The molecule has 4 atom stereocenters. The number of nitrogens with one attached hydrogen (secondary N) is 1. The largest absolute Gasteiger partial charge is 0.464 e. The van der Waals surface area contributed by atoms with Gasteiger partial charge in [-0.2, -0.15) is 5.09 Å². The zero-order chi connectivity index (χ0) is 22.3. The molecule has 0 aromatic heterocycles. The molecule has 0 fully saturated rings. The van der Waals surface area contributed by atoms with Crippen molar-refractivity contribution in [3.63, 3.8) is 0 Å². The van der Waals surface area contributed by atoms with E-state index in [1.807, 2.05) is 20.8 Å². The van der Waals surface area contributed by atoms with Crippen LogP contribution in [0.2, 0.25) is 0 Å². The maximum Gasteiger partial charge on any atom is 0.459 e. The number of ether oxygens (including phenoxy) is 2. The number of carbonyl (C=O) groups excluding carboxylic acids is 1. The van der Waals surface area contributed by atoms with Gasteiger partial charge in [0.05, 0.1) is 6.61 Å². The van der Waals surface area contributed by atoms with Crippen molar-refractivity contribution in [3.8, 4) is 5.75 Å². The van der Waals surface area contributed by atoms with Gasteiger partial charge in [-0.1, -0.05) is 39.0 Å². The number of alkyl halides is 1. The summed E-state index contributed by atoms with van der Waals surface area (Å²) in [6.07, 6.45) is -1.56. The average molecular weight is 435 g/mol. The van der Waals surface area contributed by atoms with Crippen LogP contribution in [-0.2, 0) is 23.4 Å². The minimum Gasteiger partial charge on any atom is -0.464 e. The van der Waals surface area contributed by atoms with Gasteiger partial charge in [0.1, 0.15) is 24.5 Å². The molecule has 166 valence electrons. The van der Waals surface area contributed by atoms with Crippen LogP contribution in [0.3, 0.4) is 0 Å². The molecular weight excluding hydrogens is 404 g/mol. The molecule has 8 nitrogen and oxygen atoms in total. The van der Waals surface area contributed by atoms with Crippen molar-refractivity contribution >= 4 is 13.7 Å². The van der Waals surface area contributed by atoms with Crippen molar-refractivity contribution < 1.29 is 37.4 Å². The third-order valence-electron chi connectivity index (χ3n) is 3.72. The van der Waals surface area contributed by atoms with Crippen molar-refractivity contribution in [3.05, 3.63) is 30.3 Å². The standard InChI is InChI=1S/C19H31FNO7P/c1-14(17(23)26-12-18(3,4)5)21-29(24,28-16-10-8-7-9-11-16)27-13-19(20,25-6)15(2)22/h7-11,14-15,22H,12-13H2,1-6H3,(H,21,24)/t14?,15-,19+,29?/m0/s1. The number of benzene rings is 1. The molecule has 2 unspecified atom stereocenters. The van der Waals surface area contributed by atoms with Crippen LogP contribution in [0.25, 0.3) is 0 Å². The summed E-state index contributed by atoms with van der Waals surface area (Å²) in [7, 11) is -3.21. The lowest BCUT2D eigenvalue weighted by molar-refractivity contribution is -0.202. The summed E-state index contributed by atoms with van der Waals surface area (Å²) in [5.74, 6) is -3.11. The van der Waals surface area contributed by atoms with Crippen molar-refractivity contribution in [2.24, 2.45) is 5.41 Å². The third-order valence-corrected chi connectivity index (χ3v) is 5.34. The molecule has 1 aromatic rings. The number of carbonyl (C=O) groups is 1. The molecule has 0 bridgehead atoms. The van der Waals surface area contributed by atoms with Crippen LogP contribution in [-0.4, -0.2) is 49.4 Å². The first-order chi connectivity index (χ1) is 13.3. The quantitative estimate of drug-likeness (QED) is 0.402. The van der Waals surface area contributed by atoms with Crippen LogP contribution < -0.4 is 9.61 Å². The molecule has 1 aromatic carbocycles. The molecular formula is C19H31FNO7P. The lowest BCUT2D eigenvalue weighted by Crippen LogP contribution is -2.43. The average Bonchev–Trinajstić information content (AvgIpc) is 2.64. The minimum atomic E-state index is -4.25. The highest BCUT2D eigenvalue weighted by atomic mass is 31.2. The molecule has 0 aliphatic heterocycles. The Kier molecular flexibility index (Phi) is 9.24. The number of rotatable bonds is 11. The Balaban J connectivity index is 2.95. The van der Waals surface area contributed by atoms with E-state index in [0.717, 1.165) is 14.0 Å². The Labute approximate surface area is 171 Å². The summed E-state index contributed by atoms with van der Waals surface area (Å²) in [5, 5.41) is 12.0. The van der Waals surface area contributed by atoms with Gasteiger partial charge in [-0.3, -0.25) is 9.32 Å². The van der Waals surface area contributed by atoms with E-state index in [1.165, 1.54) is 19.1 Å². The fraction of sp³-hybridized carbons (Fsp3) is 0.632. The molecule has 29 heavy (non-hydrogen) atoms. The van der Waals surface area contributed by atoms with Crippen LogP contribution in [0.15, 0.2) is 30.3 Å². The summed E-state index contributed by atoms with van der Waals surface area (Å²) in [6, 6.07) is 6.98. The van der Waals surface area contributed by atoms with E-state index in [-0.39, 0.29) is 17.8 Å². The summed E-state index contributed by atoms with van der Waals surface area (Å²) < 4.78 is 48.2. The lowest BCUT2D eigenvalue weighted by atomic mass is 9.99. The predicted octanol–water partition coefficient (Wildman–Crippen LogP) is 3.45. The second kappa shape index (κ2) is 10.5. The smallest absolute Gasteiger partial charge is 0.459 e. The zero-order valence-electron chi connectivity index (χ0n) is 17.7. The van der Waals surface area contributed by atoms with Gasteiger partial charge in [0.2, 0.25) is 0 Å². The van der Waals surface area contributed by atoms with E-state index in [0.29, 0.717) is 0 Å². The molecule has 0 amide bonds. The Morgan fingerprint density at radius 2 is 1.79 bits per heavy atom. The van der Waals surface area contributed by atoms with Crippen molar-refractivity contribution in [2.45, 2.75) is 52.6 Å². The maximum absolute atomic E-state index is 14.6. The number of hydrogen-bond donors (Lipinski definition) is 2. The van der Waals surface area contributed by atoms with Gasteiger partial charge < -0.3 is 19.1 Å². The Bertz CT molecular complexity index is 696. The number of aliphatic hydroxyl groups excluding tert-OH is 1. The van der Waals surface area contributed by atoms with Gasteiger partial charge in [-0.15, -0.1) is 0 Å². The lowest BCUT2D eigenvalue weighted by Gasteiger charge is -2.29. The maximum atomic E-state index is 14.6. The number of aliphatic hydroxyl groups is 1. The van der Waals surface area contributed by atoms with Crippen LogP contribution in [0, 0.1) is 5.41 Å². The number of halogens is 1. The molecule has 0 spiro atoms. The normalized spacial score (nSPS) is 18.2. The molecule has 2 N–H and O–H groups in total. The van der Waals surface area contributed by atoms with Crippen molar-refractivity contribution in [1.82, 2.24) is 5.09 Å². The molecule has 0 aliphatic carbocycles. The van der Waals surface area contributed by atoms with E-state index in [9.17, 15) is 18.9 Å². The van der Waals surface area contributed by atoms with E-state index >= 15 is 0 Å². The molecule has 0 saturated carbocycles. The van der Waals surface area contributed by atoms with Crippen LogP contribution in [0.1, 0.15) is 34.6 Å². The Morgan fingerprint density at radius 3 is 2.28 bits per heavy atom. The number of para-hydroxylation sites is 1. The highest BCUT2D eigenvalue weighted by Crippen LogP contribution is 2.46. The van der Waals surface area contributed by atoms with Gasteiger partial charge >= 0.3 is 13.7 Å². The Hall–Kier alpha value is -1.51. The second-order valence-corrected chi connectivity index (χ2v) is 9.55. The van der Waals surface area contributed by atoms with Crippen LogP contribution >= 0.6 is 7.75 Å². The van der Waals surface area contributed by atoms with Crippen molar-refractivity contribution in [2.75, 3.05) is 20.3 Å². The van der Waals surface area contributed by atoms with E-state index in [4.69, 9.17) is 13.8 Å². The second-order valence-electron chi connectivity index (χ2n) is 7.86. The third kappa shape index (κ3) is 8.80. The zero-order valence-corrected chi connectivity index (χ0v) is 18.6. The SMILES string of the molecule is CO[C@](F)(COP(=O)(NC(C)C(=O)OCC(C)(C)C)Oc1ccccc1)[C@H](C)O. The first-order valence-electron chi connectivity index (χ1n) is 9.16. The number of methoxy groups -OCH3 is 1. The summed E-state index contributed by atoms with van der Waals surface area (Å²) >= 11 is 0. The summed E-state index contributed by atoms with van der Waals surface area (Å²) in [6.45, 7) is 7.52. The van der Waals surface area contributed by atoms with E-state index in [2.05, 4.69) is 9.82 Å². The van der Waals surface area contributed by atoms with Gasteiger partial charge in [0.25, 0.3) is 5.85 Å². The topological polar surface area (TPSA) is 103 Å². The van der Waals surface area contributed by atoms with Gasteiger partial charge in [-0.05, 0) is 31.4 Å². The molecule has 10 heteroatoms. The summed E-state index contributed by atoms with van der Waals surface area (Å²) in [4.78, 5) is 12.2. The monoisotopic (exact) mass is 435 g/mol. The van der Waals surface area contributed by atoms with Gasteiger partial charge in [0, 0.05) is 7.11 Å². The first-order valence-corrected chi connectivity index (χ1v) is 10.7. The fourth-order valence-electron chi connectivity index (χ4n) is 1.94. The molecule has 1 rings (SSSR count). The molecule has 0 radical (unpaired) electrons. The van der Waals surface area contributed by atoms with E-state index in [1.54, 1.807) is 18.2 Å². The number of hydrogen-bond acceptors (Lipinski definition) is 7. The molecule has 0 heterocycles. The number of esters is 1. The predicted molar refractivity (Wildman–Crippen MR) is 106 cm³/mol. The first kappa shape index (κ1) is 25.5. The Morgan fingerprint density at radius 1 is 1.21 bits per heavy atom. The summed E-state index contributed by atoms with van der Waals surface area (Å²) in [5.41, 5.74) is -0.250. The van der Waals surface area contributed by atoms with Crippen molar-refractivity contribution in [1.29, 1.82) is 0 Å². The fourth-order valence-corrected chi connectivity index (χ4v) is 3.44. The molecule has 0 saturated heterocycles. The van der Waals surface area contributed by atoms with Gasteiger partial charge in [0.15, 0.2) is 0 Å². The van der Waals surface area contributed by atoms with Crippen LogP contribution in [0.4, 0.5) is 4.39 Å². The molecule has 0 aliphatic rings. The highest BCUT2D eigenvalue weighted by Gasteiger charge is 2.41. The highest BCUT2D eigenvalue weighted by molar-refractivity contribution is 7.52. The van der Waals surface area contributed by atoms with Crippen LogP contribution in [0.5, 0.6) is 5.75 Å². The minimum absolute atomic E-state index is 0.155.